The summed E-state index contributed by atoms with van der Waals surface area (Å²) < 4.78 is 0. The number of aryl methyl sites for hydroxylation is 1. The van der Waals surface area contributed by atoms with Crippen molar-refractivity contribution in [1.29, 1.82) is 0 Å². The van der Waals surface area contributed by atoms with E-state index >= 15 is 0 Å². The summed E-state index contributed by atoms with van der Waals surface area (Å²) >= 11 is 0. The molecular weight excluding hydrogens is 170 g/mol. The molecule has 0 radical (unpaired) electrons. The van der Waals surface area contributed by atoms with Gasteiger partial charge in [-0.25, -0.2) is 0 Å². The molecule has 0 aliphatic carbocycles. The minimum atomic E-state index is 1.09. The molecule has 0 saturated heterocycles. The molecule has 1 N–H and O–H groups in total. The Morgan fingerprint density at radius 3 is 1.64 bits per heavy atom. The zero-order valence-electron chi connectivity index (χ0n) is 10.9. The second kappa shape index (κ2) is 17.9. The number of hydrogen-bond donors (Lipinski definition) is 1. The maximum absolute atomic E-state index is 3.61. The summed E-state index contributed by atoms with van der Waals surface area (Å²) in [5, 5.41) is 0. The van der Waals surface area contributed by atoms with Crippen LogP contribution in [0.5, 0.6) is 0 Å². The number of H-pyrrole nitrogens is 1. The molecule has 0 bridgehead atoms. The van der Waals surface area contributed by atoms with Crippen LogP contribution in [0.2, 0.25) is 0 Å². The third kappa shape index (κ3) is 11.0. The third-order valence-electron chi connectivity index (χ3n) is 1.07. The molecule has 0 saturated carbocycles. The molecule has 1 nitrogen and oxygen atoms in total. The molecule has 14 heavy (non-hydrogen) atoms. The molecule has 1 heteroatoms. The topological polar surface area (TPSA) is 15.8 Å². The minimum absolute atomic E-state index is 1.09. The predicted octanol–water partition coefficient (Wildman–Crippen LogP) is 5.04. The number of rotatable bonds is 1. The quantitative estimate of drug-likeness (QED) is 0.649. The van der Waals surface area contributed by atoms with Crippen LogP contribution >= 0.6 is 0 Å². The highest BCUT2D eigenvalue weighted by Gasteiger charge is 1.85. The number of aromatic nitrogens is 1. The maximum atomic E-state index is 3.61. The van der Waals surface area contributed by atoms with Gasteiger partial charge in [0.2, 0.25) is 0 Å². The Bertz CT molecular complexity index is 187. The fraction of sp³-hybridized carbons (Fsp3) is 0.538. The molecule has 84 valence electrons. The van der Waals surface area contributed by atoms with Crippen molar-refractivity contribution in [3.8, 4) is 0 Å². The van der Waals surface area contributed by atoms with E-state index in [1.807, 2.05) is 60.7 Å². The van der Waals surface area contributed by atoms with Gasteiger partial charge in [0.1, 0.15) is 0 Å². The van der Waals surface area contributed by atoms with Crippen LogP contribution in [0.15, 0.2) is 18.8 Å². The molecule has 1 heterocycles. The first kappa shape index (κ1) is 18.7. The van der Waals surface area contributed by atoms with Gasteiger partial charge in [0.05, 0.1) is 0 Å². The van der Waals surface area contributed by atoms with E-state index in [0.717, 1.165) is 5.69 Å². The highest BCUT2D eigenvalue weighted by atomic mass is 14.7. The first-order valence-corrected chi connectivity index (χ1v) is 5.60. The SMILES string of the molecule is C=Cc1cc(C)c[nH]1.CC.CC.CC. The van der Waals surface area contributed by atoms with Gasteiger partial charge in [-0.3, -0.25) is 0 Å². The van der Waals surface area contributed by atoms with Crippen LogP contribution in [0, 0.1) is 6.92 Å². The highest BCUT2D eigenvalue weighted by molar-refractivity contribution is 5.42. The van der Waals surface area contributed by atoms with Gasteiger partial charge < -0.3 is 4.98 Å². The Hall–Kier alpha value is -0.980. The largest absolute Gasteiger partial charge is 0.361 e. The van der Waals surface area contributed by atoms with E-state index in [2.05, 4.69) is 11.6 Å². The molecule has 1 aromatic heterocycles. The average molecular weight is 197 g/mol. The predicted molar refractivity (Wildman–Crippen MR) is 69.7 cm³/mol. The van der Waals surface area contributed by atoms with Gasteiger partial charge in [-0.2, -0.15) is 0 Å². The van der Waals surface area contributed by atoms with Crippen molar-refractivity contribution in [3.05, 3.63) is 30.1 Å². The van der Waals surface area contributed by atoms with Crippen molar-refractivity contribution in [2.24, 2.45) is 0 Å². The number of hydrogen-bond acceptors (Lipinski definition) is 0. The lowest BCUT2D eigenvalue weighted by Gasteiger charge is -1.75. The molecule has 1 rings (SSSR count). The maximum Gasteiger partial charge on any atom is 0.0377 e. The molecule has 0 unspecified atom stereocenters. The summed E-state index contributed by atoms with van der Waals surface area (Å²) in [6.45, 7) is 17.7. The van der Waals surface area contributed by atoms with E-state index in [9.17, 15) is 0 Å². The van der Waals surface area contributed by atoms with Gasteiger partial charge in [-0.15, -0.1) is 0 Å². The number of nitrogens with one attached hydrogen (secondary N) is 1. The van der Waals surface area contributed by atoms with Crippen molar-refractivity contribution in [1.82, 2.24) is 4.98 Å². The van der Waals surface area contributed by atoms with Crippen LogP contribution in [-0.4, -0.2) is 4.98 Å². The van der Waals surface area contributed by atoms with Crippen LogP contribution in [-0.2, 0) is 0 Å². The van der Waals surface area contributed by atoms with Crippen molar-refractivity contribution in [2.75, 3.05) is 0 Å². The Morgan fingerprint density at radius 2 is 1.50 bits per heavy atom. The summed E-state index contributed by atoms with van der Waals surface area (Å²) in [5.41, 5.74) is 2.34. The number of aromatic amines is 1. The van der Waals surface area contributed by atoms with Crippen molar-refractivity contribution < 1.29 is 0 Å². The summed E-state index contributed by atoms with van der Waals surface area (Å²) in [4.78, 5) is 3.04. The molecular formula is C13H27N. The molecule has 0 aromatic carbocycles. The lowest BCUT2D eigenvalue weighted by molar-refractivity contribution is 1.36. The molecule has 0 aliphatic heterocycles. The van der Waals surface area contributed by atoms with Crippen molar-refractivity contribution >= 4 is 6.08 Å². The van der Waals surface area contributed by atoms with E-state index in [-0.39, 0.29) is 0 Å². The minimum Gasteiger partial charge on any atom is -0.361 e. The van der Waals surface area contributed by atoms with Gasteiger partial charge in [0.15, 0.2) is 0 Å². The molecule has 0 spiro atoms. The van der Waals surface area contributed by atoms with Crippen molar-refractivity contribution in [2.45, 2.75) is 48.5 Å². The monoisotopic (exact) mass is 197 g/mol. The van der Waals surface area contributed by atoms with Crippen LogP contribution in [0.4, 0.5) is 0 Å². The van der Waals surface area contributed by atoms with E-state index in [1.165, 1.54) is 5.56 Å². The summed E-state index contributed by atoms with van der Waals surface area (Å²) in [6.07, 6.45) is 3.75. The van der Waals surface area contributed by atoms with Gasteiger partial charge in [-0.1, -0.05) is 48.1 Å². The van der Waals surface area contributed by atoms with Gasteiger partial charge in [0, 0.05) is 11.9 Å². The second-order valence-electron chi connectivity index (χ2n) is 1.84. The van der Waals surface area contributed by atoms with Gasteiger partial charge in [-0.05, 0) is 24.6 Å². The molecule has 0 amide bonds. The Balaban J connectivity index is -0.000000174. The third-order valence-corrected chi connectivity index (χ3v) is 1.07. The molecule has 0 atom stereocenters. The van der Waals surface area contributed by atoms with E-state index in [0.29, 0.717) is 0 Å². The Kier molecular flexibility index (Phi) is 24.0. The average Bonchev–Trinajstić information content (AvgIpc) is 2.73. The first-order valence-electron chi connectivity index (χ1n) is 5.60. The van der Waals surface area contributed by atoms with Gasteiger partial charge in [0.25, 0.3) is 0 Å². The van der Waals surface area contributed by atoms with Gasteiger partial charge >= 0.3 is 0 Å². The zero-order chi connectivity index (χ0) is 12.0. The lowest BCUT2D eigenvalue weighted by Crippen LogP contribution is -1.61. The normalized spacial score (nSPS) is 6.50. The summed E-state index contributed by atoms with van der Waals surface area (Å²) in [6, 6.07) is 2.05. The van der Waals surface area contributed by atoms with Crippen LogP contribution in [0.3, 0.4) is 0 Å². The fourth-order valence-electron chi connectivity index (χ4n) is 0.644. The lowest BCUT2D eigenvalue weighted by atomic mass is 10.3. The van der Waals surface area contributed by atoms with E-state index < -0.39 is 0 Å². The Morgan fingerprint density at radius 1 is 1.07 bits per heavy atom. The molecule has 0 aliphatic rings. The fourth-order valence-corrected chi connectivity index (χ4v) is 0.644. The summed E-state index contributed by atoms with van der Waals surface area (Å²) in [7, 11) is 0. The first-order chi connectivity index (χ1) is 6.83. The second-order valence-corrected chi connectivity index (χ2v) is 1.84. The molecule has 1 aromatic rings. The van der Waals surface area contributed by atoms with E-state index in [4.69, 9.17) is 0 Å². The van der Waals surface area contributed by atoms with E-state index in [1.54, 1.807) is 6.08 Å². The van der Waals surface area contributed by atoms with Crippen LogP contribution in [0.25, 0.3) is 6.08 Å². The highest BCUT2D eigenvalue weighted by Crippen LogP contribution is 2.00. The zero-order valence-corrected chi connectivity index (χ0v) is 10.9. The Labute approximate surface area is 90.3 Å². The smallest absolute Gasteiger partial charge is 0.0377 e. The molecule has 0 fully saturated rings. The summed E-state index contributed by atoms with van der Waals surface area (Å²) in [5.74, 6) is 0. The van der Waals surface area contributed by atoms with Crippen LogP contribution in [0.1, 0.15) is 52.8 Å². The van der Waals surface area contributed by atoms with Crippen molar-refractivity contribution in [3.63, 3.8) is 0 Å². The van der Waals surface area contributed by atoms with Crippen LogP contribution < -0.4 is 0 Å². The standard InChI is InChI=1S/C7H9N.3C2H6/c1-3-7-4-6(2)5-8-7;3*1-2/h3-5,8H,1H2,2H3;3*1-2H3.